The summed E-state index contributed by atoms with van der Waals surface area (Å²) in [6.07, 6.45) is 1.28. The van der Waals surface area contributed by atoms with Crippen molar-refractivity contribution in [2.75, 3.05) is 11.1 Å². The number of benzene rings is 2. The smallest absolute Gasteiger partial charge is 0.248 e. The minimum atomic E-state index is -0.458. The zero-order valence-electron chi connectivity index (χ0n) is 15.7. The molecule has 1 aromatic heterocycles. The molecular formula is C21H19FN4O2S. The van der Waals surface area contributed by atoms with Crippen LogP contribution in [0.25, 0.3) is 22.4 Å². The van der Waals surface area contributed by atoms with Crippen LogP contribution < -0.4 is 5.32 Å². The third-order valence-electron chi connectivity index (χ3n) is 5.59. The van der Waals surface area contributed by atoms with E-state index in [1.54, 1.807) is 47.0 Å². The van der Waals surface area contributed by atoms with Crippen molar-refractivity contribution in [3.05, 3.63) is 48.3 Å². The van der Waals surface area contributed by atoms with Crippen molar-refractivity contribution in [2.45, 2.75) is 30.7 Å². The Balaban J connectivity index is 1.38. The van der Waals surface area contributed by atoms with Gasteiger partial charge in [-0.05, 0) is 43.7 Å². The SMILES string of the molecule is CC12CCC(=O)N1C(C(=O)Nc1ccc3nc(-c4cccc(F)c4)[nH]c3c1)CS2. The molecule has 2 aliphatic rings. The van der Waals surface area contributed by atoms with Crippen molar-refractivity contribution in [1.29, 1.82) is 0 Å². The molecule has 2 fully saturated rings. The molecule has 2 unspecified atom stereocenters. The summed E-state index contributed by atoms with van der Waals surface area (Å²) in [5.74, 6) is 0.703. The van der Waals surface area contributed by atoms with Gasteiger partial charge in [-0.3, -0.25) is 9.59 Å². The van der Waals surface area contributed by atoms with Crippen molar-refractivity contribution >= 4 is 40.3 Å². The fraction of sp³-hybridized carbons (Fsp3) is 0.286. The topological polar surface area (TPSA) is 78.1 Å². The maximum atomic E-state index is 13.5. The van der Waals surface area contributed by atoms with Gasteiger partial charge in [-0.15, -0.1) is 11.8 Å². The molecule has 29 heavy (non-hydrogen) atoms. The van der Waals surface area contributed by atoms with Crippen LogP contribution in [0.4, 0.5) is 10.1 Å². The zero-order chi connectivity index (χ0) is 20.2. The van der Waals surface area contributed by atoms with E-state index in [9.17, 15) is 14.0 Å². The number of aromatic nitrogens is 2. The highest BCUT2D eigenvalue weighted by molar-refractivity contribution is 8.01. The number of halogens is 1. The number of thioether (sulfide) groups is 1. The van der Waals surface area contributed by atoms with Gasteiger partial charge in [0.25, 0.3) is 0 Å². The lowest BCUT2D eigenvalue weighted by Gasteiger charge is -2.29. The van der Waals surface area contributed by atoms with E-state index in [-0.39, 0.29) is 22.5 Å². The van der Waals surface area contributed by atoms with Gasteiger partial charge in [0, 0.05) is 23.4 Å². The molecule has 2 atom stereocenters. The largest absolute Gasteiger partial charge is 0.338 e. The second kappa shape index (κ2) is 6.59. The lowest BCUT2D eigenvalue weighted by Crippen LogP contribution is -2.48. The Hall–Kier alpha value is -2.87. The number of anilines is 1. The first kappa shape index (κ1) is 18.2. The molecule has 0 saturated carbocycles. The molecule has 6 nitrogen and oxygen atoms in total. The Morgan fingerprint density at radius 1 is 1.34 bits per heavy atom. The van der Waals surface area contributed by atoms with Crippen LogP contribution in [0.1, 0.15) is 19.8 Å². The van der Waals surface area contributed by atoms with Gasteiger partial charge in [0.15, 0.2) is 0 Å². The Labute approximate surface area is 170 Å². The lowest BCUT2D eigenvalue weighted by atomic mass is 10.2. The normalized spacial score (nSPS) is 23.6. The van der Waals surface area contributed by atoms with E-state index in [1.165, 1.54) is 12.1 Å². The Kier molecular flexibility index (Phi) is 4.13. The third kappa shape index (κ3) is 3.07. The average molecular weight is 410 g/mol. The molecule has 5 rings (SSSR count). The second-order valence-corrected chi connectivity index (χ2v) is 9.08. The van der Waals surface area contributed by atoms with Gasteiger partial charge in [-0.25, -0.2) is 9.37 Å². The molecule has 0 aliphatic carbocycles. The van der Waals surface area contributed by atoms with Crippen molar-refractivity contribution in [3.8, 4) is 11.4 Å². The molecule has 8 heteroatoms. The first-order chi connectivity index (χ1) is 13.9. The van der Waals surface area contributed by atoms with E-state index in [1.807, 2.05) is 6.92 Å². The highest BCUT2D eigenvalue weighted by Crippen LogP contribution is 2.47. The summed E-state index contributed by atoms with van der Waals surface area (Å²) in [7, 11) is 0. The van der Waals surface area contributed by atoms with Gasteiger partial charge in [0.2, 0.25) is 11.8 Å². The van der Waals surface area contributed by atoms with E-state index >= 15 is 0 Å². The van der Waals surface area contributed by atoms with Crippen LogP contribution in [0.15, 0.2) is 42.5 Å². The number of carbonyl (C=O) groups excluding carboxylic acids is 2. The number of rotatable bonds is 3. The fourth-order valence-electron chi connectivity index (χ4n) is 4.10. The molecule has 0 spiro atoms. The average Bonchev–Trinajstić information content (AvgIpc) is 3.35. The molecule has 0 radical (unpaired) electrons. The van der Waals surface area contributed by atoms with Crippen molar-refractivity contribution < 1.29 is 14.0 Å². The fourth-order valence-corrected chi connectivity index (χ4v) is 5.53. The number of nitrogens with one attached hydrogen (secondary N) is 2. The zero-order valence-corrected chi connectivity index (χ0v) is 16.6. The van der Waals surface area contributed by atoms with E-state index < -0.39 is 6.04 Å². The maximum absolute atomic E-state index is 13.5. The van der Waals surface area contributed by atoms with E-state index in [2.05, 4.69) is 15.3 Å². The summed E-state index contributed by atoms with van der Waals surface area (Å²) in [5, 5.41) is 2.93. The number of hydrogen-bond acceptors (Lipinski definition) is 4. The highest BCUT2D eigenvalue weighted by atomic mass is 32.2. The van der Waals surface area contributed by atoms with Crippen LogP contribution in [0.2, 0.25) is 0 Å². The second-order valence-electron chi connectivity index (χ2n) is 7.58. The van der Waals surface area contributed by atoms with Crippen molar-refractivity contribution in [3.63, 3.8) is 0 Å². The Morgan fingerprint density at radius 3 is 3.03 bits per heavy atom. The minimum Gasteiger partial charge on any atom is -0.338 e. The molecule has 3 aromatic rings. The quantitative estimate of drug-likeness (QED) is 0.689. The molecule has 2 aromatic carbocycles. The maximum Gasteiger partial charge on any atom is 0.248 e. The van der Waals surface area contributed by atoms with E-state index in [0.717, 1.165) is 17.5 Å². The molecule has 2 saturated heterocycles. The molecule has 2 aliphatic heterocycles. The van der Waals surface area contributed by atoms with Gasteiger partial charge >= 0.3 is 0 Å². The molecule has 3 heterocycles. The number of amides is 2. The predicted molar refractivity (Wildman–Crippen MR) is 111 cm³/mol. The molecule has 148 valence electrons. The number of H-pyrrole nitrogens is 1. The first-order valence-electron chi connectivity index (χ1n) is 9.46. The van der Waals surface area contributed by atoms with Gasteiger partial charge in [-0.1, -0.05) is 12.1 Å². The van der Waals surface area contributed by atoms with Crippen LogP contribution in [0, 0.1) is 5.82 Å². The predicted octanol–water partition coefficient (Wildman–Crippen LogP) is 3.76. The number of imidazole rings is 1. The van der Waals surface area contributed by atoms with Crippen LogP contribution in [-0.4, -0.2) is 43.3 Å². The number of aromatic amines is 1. The minimum absolute atomic E-state index is 0.0430. The monoisotopic (exact) mass is 410 g/mol. The summed E-state index contributed by atoms with van der Waals surface area (Å²) < 4.78 is 13.5. The number of fused-ring (bicyclic) bond motifs is 2. The molecule has 2 amide bonds. The van der Waals surface area contributed by atoms with Crippen molar-refractivity contribution in [1.82, 2.24) is 14.9 Å². The van der Waals surface area contributed by atoms with E-state index in [4.69, 9.17) is 0 Å². The number of hydrogen-bond donors (Lipinski definition) is 2. The summed E-state index contributed by atoms with van der Waals surface area (Å²) >= 11 is 1.67. The Bertz CT molecular complexity index is 1150. The summed E-state index contributed by atoms with van der Waals surface area (Å²) in [4.78, 5) is 34.3. The molecule has 2 N–H and O–H groups in total. The standard InChI is InChI=1S/C21H19FN4O2S/c1-21-8-7-18(27)26(21)17(11-29-21)20(28)23-14-5-6-15-16(10-14)25-19(24-15)12-3-2-4-13(22)9-12/h2-6,9-10,17H,7-8,11H2,1H3,(H,23,28)(H,24,25). The Morgan fingerprint density at radius 2 is 2.21 bits per heavy atom. The lowest BCUT2D eigenvalue weighted by molar-refractivity contribution is -0.135. The van der Waals surface area contributed by atoms with Gasteiger partial charge in [-0.2, -0.15) is 0 Å². The third-order valence-corrected chi connectivity index (χ3v) is 7.10. The number of nitrogens with zero attached hydrogens (tertiary/aromatic N) is 2. The van der Waals surface area contributed by atoms with Crippen LogP contribution in [0.5, 0.6) is 0 Å². The van der Waals surface area contributed by atoms with Gasteiger partial charge in [0.05, 0.1) is 15.9 Å². The van der Waals surface area contributed by atoms with Crippen molar-refractivity contribution in [2.24, 2.45) is 0 Å². The molecule has 0 bridgehead atoms. The van der Waals surface area contributed by atoms with Gasteiger partial charge < -0.3 is 15.2 Å². The van der Waals surface area contributed by atoms with Crippen LogP contribution in [-0.2, 0) is 9.59 Å². The van der Waals surface area contributed by atoms with Gasteiger partial charge in [0.1, 0.15) is 17.7 Å². The summed E-state index contributed by atoms with van der Waals surface area (Å²) in [5.41, 5.74) is 2.75. The summed E-state index contributed by atoms with van der Waals surface area (Å²) in [6.45, 7) is 2.03. The van der Waals surface area contributed by atoms with E-state index in [0.29, 0.717) is 29.2 Å². The van der Waals surface area contributed by atoms with Crippen LogP contribution >= 0.6 is 11.8 Å². The summed E-state index contributed by atoms with van der Waals surface area (Å²) in [6, 6.07) is 11.2. The molecular weight excluding hydrogens is 391 g/mol. The highest BCUT2D eigenvalue weighted by Gasteiger charge is 2.52. The van der Waals surface area contributed by atoms with Crippen LogP contribution in [0.3, 0.4) is 0 Å². The number of carbonyl (C=O) groups is 2. The first-order valence-corrected chi connectivity index (χ1v) is 10.4.